The van der Waals surface area contributed by atoms with Gasteiger partial charge in [0.05, 0.1) is 23.1 Å². The number of pyridine rings is 2. The molecule has 0 bridgehead atoms. The van der Waals surface area contributed by atoms with Crippen molar-refractivity contribution >= 4 is 16.6 Å². The summed E-state index contributed by atoms with van der Waals surface area (Å²) in [6.07, 6.45) is 7.70. The third kappa shape index (κ3) is 1.96. The van der Waals surface area contributed by atoms with Crippen LogP contribution in [0.4, 0.5) is 5.69 Å². The van der Waals surface area contributed by atoms with E-state index in [0.29, 0.717) is 6.04 Å². The summed E-state index contributed by atoms with van der Waals surface area (Å²) in [6.45, 7) is 3.46. The molecule has 0 aromatic carbocycles. The van der Waals surface area contributed by atoms with Crippen molar-refractivity contribution < 1.29 is 0 Å². The zero-order chi connectivity index (χ0) is 15.4. The van der Waals surface area contributed by atoms with Crippen LogP contribution >= 0.6 is 0 Å². The van der Waals surface area contributed by atoms with Gasteiger partial charge in [-0.05, 0) is 25.2 Å². The van der Waals surface area contributed by atoms with E-state index < -0.39 is 0 Å². The molecule has 2 aliphatic heterocycles. The molecule has 5 nitrogen and oxygen atoms in total. The van der Waals surface area contributed by atoms with Crippen LogP contribution in [0, 0.1) is 5.92 Å². The van der Waals surface area contributed by atoms with Crippen LogP contribution in [0.3, 0.4) is 0 Å². The zero-order valence-electron chi connectivity index (χ0n) is 13.1. The number of aromatic nitrogens is 3. The van der Waals surface area contributed by atoms with E-state index in [1.807, 2.05) is 30.9 Å². The van der Waals surface area contributed by atoms with Crippen molar-refractivity contribution in [3.63, 3.8) is 0 Å². The molecule has 2 aliphatic rings. The van der Waals surface area contributed by atoms with E-state index >= 15 is 0 Å². The van der Waals surface area contributed by atoms with Crippen molar-refractivity contribution in [2.24, 2.45) is 5.92 Å². The summed E-state index contributed by atoms with van der Waals surface area (Å²) in [6, 6.07) is 7.04. The van der Waals surface area contributed by atoms with Gasteiger partial charge in [-0.15, -0.1) is 0 Å². The molecule has 0 radical (unpaired) electrons. The summed E-state index contributed by atoms with van der Waals surface area (Å²) >= 11 is 0. The fourth-order valence-corrected chi connectivity index (χ4v) is 4.04. The van der Waals surface area contributed by atoms with Crippen LogP contribution in [0.1, 0.15) is 0 Å². The van der Waals surface area contributed by atoms with Crippen molar-refractivity contribution in [1.82, 2.24) is 19.9 Å². The third-order valence-corrected chi connectivity index (χ3v) is 5.33. The molecule has 3 aromatic heterocycles. The van der Waals surface area contributed by atoms with Gasteiger partial charge in [-0.2, -0.15) is 0 Å². The van der Waals surface area contributed by atoms with Crippen molar-refractivity contribution in [2.45, 2.75) is 6.04 Å². The summed E-state index contributed by atoms with van der Waals surface area (Å²) in [4.78, 5) is 17.3. The Morgan fingerprint density at radius 3 is 3.00 bits per heavy atom. The predicted octanol–water partition coefficient (Wildman–Crippen LogP) is 2.38. The number of fused-ring (bicyclic) bond motifs is 2. The fraction of sp³-hybridized carbons (Fsp3) is 0.333. The molecule has 0 saturated carbocycles. The highest BCUT2D eigenvalue weighted by molar-refractivity contribution is 5.92. The second kappa shape index (κ2) is 4.80. The number of nitrogens with zero attached hydrogens (tertiary/aromatic N) is 4. The van der Waals surface area contributed by atoms with Crippen molar-refractivity contribution in [1.29, 1.82) is 0 Å². The lowest BCUT2D eigenvalue weighted by Crippen LogP contribution is -2.52. The minimum Gasteiger partial charge on any atom is -0.368 e. The first-order valence-electron chi connectivity index (χ1n) is 8.12. The van der Waals surface area contributed by atoms with E-state index in [1.165, 1.54) is 17.6 Å². The Kier molecular flexibility index (Phi) is 2.73. The Morgan fingerprint density at radius 2 is 2.13 bits per heavy atom. The molecular formula is C18H19N5. The molecule has 23 heavy (non-hydrogen) atoms. The first kappa shape index (κ1) is 13.1. The van der Waals surface area contributed by atoms with Gasteiger partial charge in [0.1, 0.15) is 0 Å². The first-order valence-corrected chi connectivity index (χ1v) is 8.12. The second-order valence-electron chi connectivity index (χ2n) is 6.71. The largest absolute Gasteiger partial charge is 0.368 e. The standard InChI is InChI=1S/C18H19N5/c1-22-9-14-10-23(11-16(14)22)15-6-13(7-19-8-15)18-17-12(2-4-20-17)3-5-21-18/h2-8,14,16,20H,9-11H2,1H3/t14-,16-/m1/s1. The quantitative estimate of drug-likeness (QED) is 0.790. The van der Waals surface area contributed by atoms with Crippen LogP contribution in [0.15, 0.2) is 43.0 Å². The first-order chi connectivity index (χ1) is 11.3. The maximum Gasteiger partial charge on any atom is 0.0958 e. The van der Waals surface area contributed by atoms with Crippen molar-refractivity contribution in [3.8, 4) is 11.3 Å². The van der Waals surface area contributed by atoms with Gasteiger partial charge in [-0.3, -0.25) is 9.97 Å². The number of hydrogen-bond donors (Lipinski definition) is 1. The Hall–Kier alpha value is -2.40. The molecule has 1 N–H and O–H groups in total. The summed E-state index contributed by atoms with van der Waals surface area (Å²) < 4.78 is 0. The molecule has 0 amide bonds. The smallest absolute Gasteiger partial charge is 0.0958 e. The highest BCUT2D eigenvalue weighted by atomic mass is 15.3. The number of rotatable bonds is 2. The molecule has 0 aliphatic carbocycles. The Labute approximate surface area is 135 Å². The van der Waals surface area contributed by atoms with E-state index in [0.717, 1.165) is 35.8 Å². The van der Waals surface area contributed by atoms with E-state index in [2.05, 4.69) is 43.9 Å². The van der Waals surface area contributed by atoms with Crippen LogP contribution < -0.4 is 4.90 Å². The summed E-state index contributed by atoms with van der Waals surface area (Å²) in [5.74, 6) is 0.814. The van der Waals surface area contributed by atoms with Gasteiger partial charge in [0.2, 0.25) is 0 Å². The number of anilines is 1. The minimum atomic E-state index is 0.712. The minimum absolute atomic E-state index is 0.712. The van der Waals surface area contributed by atoms with Gasteiger partial charge < -0.3 is 14.8 Å². The molecule has 5 heteroatoms. The second-order valence-corrected chi connectivity index (χ2v) is 6.71. The molecule has 5 rings (SSSR count). The number of aromatic amines is 1. The molecule has 3 aromatic rings. The van der Waals surface area contributed by atoms with Crippen LogP contribution in [0.2, 0.25) is 0 Å². The van der Waals surface area contributed by atoms with Gasteiger partial charge in [-0.1, -0.05) is 0 Å². The Bertz CT molecular complexity index is 870. The topological polar surface area (TPSA) is 48.1 Å². The van der Waals surface area contributed by atoms with E-state index in [9.17, 15) is 0 Å². The highest BCUT2D eigenvalue weighted by Crippen LogP contribution is 2.35. The zero-order valence-corrected chi connectivity index (χ0v) is 13.1. The molecule has 2 saturated heterocycles. The maximum atomic E-state index is 4.57. The molecule has 116 valence electrons. The summed E-state index contributed by atoms with van der Waals surface area (Å²) in [5, 5.41) is 1.18. The van der Waals surface area contributed by atoms with Crippen LogP contribution in [-0.4, -0.2) is 52.6 Å². The Balaban J connectivity index is 1.52. The Morgan fingerprint density at radius 1 is 1.17 bits per heavy atom. The molecule has 0 spiro atoms. The molecule has 2 fully saturated rings. The van der Waals surface area contributed by atoms with Crippen molar-refractivity contribution in [2.75, 3.05) is 31.6 Å². The fourth-order valence-electron chi connectivity index (χ4n) is 4.04. The lowest BCUT2D eigenvalue weighted by molar-refractivity contribution is 0.0827. The average Bonchev–Trinajstić information content (AvgIpc) is 3.18. The normalized spacial score (nSPS) is 24.0. The van der Waals surface area contributed by atoms with Crippen LogP contribution in [0.5, 0.6) is 0 Å². The van der Waals surface area contributed by atoms with Gasteiger partial charge in [0.15, 0.2) is 0 Å². The highest BCUT2D eigenvalue weighted by Gasteiger charge is 2.43. The maximum absolute atomic E-state index is 4.57. The molecule has 5 heterocycles. The SMILES string of the molecule is CN1C[C@@H]2CN(c3cncc(-c4nccc5cc[nH]c45)c3)C[C@H]21. The molecule has 2 atom stereocenters. The van der Waals surface area contributed by atoms with E-state index in [1.54, 1.807) is 0 Å². The lowest BCUT2D eigenvalue weighted by Gasteiger charge is -2.40. The van der Waals surface area contributed by atoms with Crippen molar-refractivity contribution in [3.05, 3.63) is 43.0 Å². The van der Waals surface area contributed by atoms with Gasteiger partial charge >= 0.3 is 0 Å². The lowest BCUT2D eigenvalue weighted by atomic mass is 9.93. The summed E-state index contributed by atoms with van der Waals surface area (Å²) in [5.41, 5.74) is 4.33. The van der Waals surface area contributed by atoms with E-state index in [4.69, 9.17) is 0 Å². The van der Waals surface area contributed by atoms with E-state index in [-0.39, 0.29) is 0 Å². The van der Waals surface area contributed by atoms with Crippen LogP contribution in [0.25, 0.3) is 22.2 Å². The number of H-pyrrole nitrogens is 1. The number of likely N-dealkylation sites (N-methyl/N-ethyl adjacent to an activating group) is 1. The number of nitrogens with one attached hydrogen (secondary N) is 1. The monoisotopic (exact) mass is 305 g/mol. The number of likely N-dealkylation sites (tertiary alicyclic amines) is 1. The molecular weight excluding hydrogens is 286 g/mol. The predicted molar refractivity (Wildman–Crippen MR) is 91.4 cm³/mol. The van der Waals surface area contributed by atoms with Gasteiger partial charge in [0.25, 0.3) is 0 Å². The van der Waals surface area contributed by atoms with Gasteiger partial charge in [-0.25, -0.2) is 0 Å². The van der Waals surface area contributed by atoms with Crippen LogP contribution in [-0.2, 0) is 0 Å². The summed E-state index contributed by atoms with van der Waals surface area (Å²) in [7, 11) is 2.22. The average molecular weight is 305 g/mol. The number of hydrogen-bond acceptors (Lipinski definition) is 4. The third-order valence-electron chi connectivity index (χ3n) is 5.33. The van der Waals surface area contributed by atoms with Gasteiger partial charge in [0, 0.05) is 61.1 Å². The molecule has 0 unspecified atom stereocenters.